The highest BCUT2D eigenvalue weighted by atomic mass is 32.2. The van der Waals surface area contributed by atoms with Crippen LogP contribution >= 0.6 is 11.8 Å². The van der Waals surface area contributed by atoms with Crippen LogP contribution < -0.4 is 5.32 Å². The monoisotopic (exact) mass is 259 g/mol. The van der Waals surface area contributed by atoms with Crippen LogP contribution in [0.25, 0.3) is 0 Å². The van der Waals surface area contributed by atoms with Crippen molar-refractivity contribution in [3.63, 3.8) is 0 Å². The first-order valence-electron chi connectivity index (χ1n) is 5.47. The maximum Gasteiger partial charge on any atom is 0.254 e. The molecule has 5 heteroatoms. The second-order valence-electron chi connectivity index (χ2n) is 3.60. The molecule has 2 aromatic heterocycles. The molecule has 0 bridgehead atoms. The van der Waals surface area contributed by atoms with Gasteiger partial charge in [0.05, 0.1) is 5.56 Å². The van der Waals surface area contributed by atoms with Gasteiger partial charge in [0.25, 0.3) is 5.91 Å². The summed E-state index contributed by atoms with van der Waals surface area (Å²) < 4.78 is 0. The molecule has 2 aromatic rings. The molecule has 0 aliphatic rings. The summed E-state index contributed by atoms with van der Waals surface area (Å²) in [4.78, 5) is 20.2. The number of aromatic nitrogens is 2. The van der Waals surface area contributed by atoms with E-state index in [2.05, 4.69) is 15.3 Å². The highest BCUT2D eigenvalue weighted by Gasteiger charge is 2.10. The fraction of sp³-hybridized carbons (Fsp3) is 0.154. The Morgan fingerprint density at radius 3 is 2.89 bits per heavy atom. The Morgan fingerprint density at radius 2 is 2.17 bits per heavy atom. The quantitative estimate of drug-likeness (QED) is 0.855. The minimum Gasteiger partial charge on any atom is -0.348 e. The van der Waals surface area contributed by atoms with Crippen molar-refractivity contribution in [3.05, 3.63) is 54.0 Å². The van der Waals surface area contributed by atoms with Gasteiger partial charge in [-0.3, -0.25) is 9.78 Å². The second kappa shape index (κ2) is 6.16. The molecular formula is C13H13N3OS. The van der Waals surface area contributed by atoms with E-state index in [-0.39, 0.29) is 5.91 Å². The van der Waals surface area contributed by atoms with E-state index in [1.807, 2.05) is 18.4 Å². The predicted octanol–water partition coefficient (Wildman–Crippen LogP) is 2.13. The van der Waals surface area contributed by atoms with Crippen molar-refractivity contribution < 1.29 is 4.79 Å². The Hall–Kier alpha value is -1.88. The van der Waals surface area contributed by atoms with Crippen LogP contribution in [-0.2, 0) is 6.54 Å². The average molecular weight is 259 g/mol. The van der Waals surface area contributed by atoms with Crippen LogP contribution in [-0.4, -0.2) is 22.1 Å². The molecule has 0 radical (unpaired) electrons. The molecule has 18 heavy (non-hydrogen) atoms. The lowest BCUT2D eigenvalue weighted by atomic mass is 10.2. The van der Waals surface area contributed by atoms with Crippen LogP contribution in [0.1, 0.15) is 15.9 Å². The lowest BCUT2D eigenvalue weighted by Gasteiger charge is -2.07. The van der Waals surface area contributed by atoms with Gasteiger partial charge in [0.2, 0.25) is 0 Å². The maximum atomic E-state index is 12.0. The number of carbonyl (C=O) groups is 1. The van der Waals surface area contributed by atoms with Crippen LogP contribution in [0.3, 0.4) is 0 Å². The van der Waals surface area contributed by atoms with E-state index in [0.29, 0.717) is 12.1 Å². The Labute approximate surface area is 110 Å². The topological polar surface area (TPSA) is 54.9 Å². The summed E-state index contributed by atoms with van der Waals surface area (Å²) in [7, 11) is 0. The number of hydrogen-bond donors (Lipinski definition) is 1. The molecule has 0 spiro atoms. The molecule has 0 unspecified atom stereocenters. The molecule has 0 fully saturated rings. The highest BCUT2D eigenvalue weighted by Crippen LogP contribution is 2.16. The second-order valence-corrected chi connectivity index (χ2v) is 4.40. The minimum atomic E-state index is -0.115. The fourth-order valence-electron chi connectivity index (χ4n) is 1.51. The minimum absolute atomic E-state index is 0.115. The van der Waals surface area contributed by atoms with Gasteiger partial charge in [-0.2, -0.15) is 0 Å². The number of nitrogens with zero attached hydrogens (tertiary/aromatic N) is 2. The molecule has 0 saturated heterocycles. The number of hydrogen-bond acceptors (Lipinski definition) is 4. The Morgan fingerprint density at radius 1 is 1.33 bits per heavy atom. The van der Waals surface area contributed by atoms with E-state index in [1.165, 1.54) is 11.8 Å². The molecule has 92 valence electrons. The van der Waals surface area contributed by atoms with Gasteiger partial charge >= 0.3 is 0 Å². The van der Waals surface area contributed by atoms with Crippen LogP contribution in [0, 0.1) is 0 Å². The van der Waals surface area contributed by atoms with Crippen molar-refractivity contribution >= 4 is 17.7 Å². The highest BCUT2D eigenvalue weighted by molar-refractivity contribution is 7.98. The van der Waals surface area contributed by atoms with E-state index in [9.17, 15) is 4.79 Å². The van der Waals surface area contributed by atoms with Gasteiger partial charge in [-0.15, -0.1) is 11.8 Å². The molecule has 2 heterocycles. The van der Waals surface area contributed by atoms with Crippen molar-refractivity contribution in [3.8, 4) is 0 Å². The van der Waals surface area contributed by atoms with Crippen LogP contribution in [0.2, 0.25) is 0 Å². The number of thioether (sulfide) groups is 1. The lowest BCUT2D eigenvalue weighted by molar-refractivity contribution is 0.0947. The molecule has 1 N–H and O–H groups in total. The number of amides is 1. The van der Waals surface area contributed by atoms with Crippen LogP contribution in [0.15, 0.2) is 47.9 Å². The van der Waals surface area contributed by atoms with E-state index < -0.39 is 0 Å². The average Bonchev–Trinajstić information content (AvgIpc) is 2.45. The van der Waals surface area contributed by atoms with Crippen molar-refractivity contribution in [1.82, 2.24) is 15.3 Å². The molecule has 1 amide bonds. The van der Waals surface area contributed by atoms with Crippen molar-refractivity contribution in [1.29, 1.82) is 0 Å². The molecule has 0 saturated carbocycles. The molecular weight excluding hydrogens is 246 g/mol. The van der Waals surface area contributed by atoms with Gasteiger partial charge in [0.1, 0.15) is 5.03 Å². The van der Waals surface area contributed by atoms with Gasteiger partial charge in [0, 0.05) is 25.1 Å². The number of carbonyl (C=O) groups excluding carboxylic acids is 1. The van der Waals surface area contributed by atoms with Gasteiger partial charge in [-0.1, -0.05) is 6.07 Å². The van der Waals surface area contributed by atoms with E-state index >= 15 is 0 Å². The number of pyridine rings is 2. The van der Waals surface area contributed by atoms with Crippen molar-refractivity contribution in [2.75, 3.05) is 6.26 Å². The molecule has 0 atom stereocenters. The zero-order chi connectivity index (χ0) is 12.8. The third-order valence-electron chi connectivity index (χ3n) is 2.38. The SMILES string of the molecule is CSc1ncccc1C(=O)NCc1cccnc1. The third kappa shape index (κ3) is 3.07. The zero-order valence-electron chi connectivity index (χ0n) is 9.96. The summed E-state index contributed by atoms with van der Waals surface area (Å²) in [5, 5.41) is 3.59. The van der Waals surface area contributed by atoms with Gasteiger partial charge in [-0.25, -0.2) is 4.98 Å². The zero-order valence-corrected chi connectivity index (χ0v) is 10.8. The lowest BCUT2D eigenvalue weighted by Crippen LogP contribution is -2.23. The smallest absolute Gasteiger partial charge is 0.254 e. The first-order chi connectivity index (χ1) is 8.81. The van der Waals surface area contributed by atoms with Crippen molar-refractivity contribution in [2.45, 2.75) is 11.6 Å². The predicted molar refractivity (Wildman–Crippen MR) is 71.4 cm³/mol. The van der Waals surface area contributed by atoms with E-state index in [0.717, 1.165) is 10.6 Å². The van der Waals surface area contributed by atoms with Gasteiger partial charge < -0.3 is 5.32 Å². The summed E-state index contributed by atoms with van der Waals surface area (Å²) in [5.41, 5.74) is 1.58. The van der Waals surface area contributed by atoms with E-state index in [1.54, 1.807) is 30.7 Å². The molecule has 0 aliphatic heterocycles. The van der Waals surface area contributed by atoms with Crippen LogP contribution in [0.4, 0.5) is 0 Å². The molecule has 0 aliphatic carbocycles. The largest absolute Gasteiger partial charge is 0.348 e. The fourth-order valence-corrected chi connectivity index (χ4v) is 2.05. The summed E-state index contributed by atoms with van der Waals surface area (Å²) in [5.74, 6) is -0.115. The molecule has 2 rings (SSSR count). The molecule has 0 aromatic carbocycles. The normalized spacial score (nSPS) is 10.1. The number of nitrogens with one attached hydrogen (secondary N) is 1. The third-order valence-corrected chi connectivity index (χ3v) is 3.10. The van der Waals surface area contributed by atoms with E-state index in [4.69, 9.17) is 0 Å². The first kappa shape index (κ1) is 12.6. The summed E-state index contributed by atoms with van der Waals surface area (Å²) in [6, 6.07) is 7.31. The first-order valence-corrected chi connectivity index (χ1v) is 6.70. The summed E-state index contributed by atoms with van der Waals surface area (Å²) in [6.45, 7) is 0.468. The van der Waals surface area contributed by atoms with Crippen LogP contribution in [0.5, 0.6) is 0 Å². The number of rotatable bonds is 4. The van der Waals surface area contributed by atoms with Crippen molar-refractivity contribution in [2.24, 2.45) is 0 Å². The summed E-state index contributed by atoms with van der Waals surface area (Å²) in [6.07, 6.45) is 7.03. The standard InChI is InChI=1S/C13H13N3OS/c1-18-13-11(5-3-7-15-13)12(17)16-9-10-4-2-6-14-8-10/h2-8H,9H2,1H3,(H,16,17). The summed E-state index contributed by atoms with van der Waals surface area (Å²) >= 11 is 1.46. The van der Waals surface area contributed by atoms with Gasteiger partial charge in [-0.05, 0) is 30.0 Å². The van der Waals surface area contributed by atoms with Gasteiger partial charge in [0.15, 0.2) is 0 Å². The maximum absolute atomic E-state index is 12.0. The molecule has 4 nitrogen and oxygen atoms in total. The Bertz CT molecular complexity index is 531. The Kier molecular flexibility index (Phi) is 4.30. The Balaban J connectivity index is 2.04.